The predicted octanol–water partition coefficient (Wildman–Crippen LogP) is -1.93. The van der Waals surface area contributed by atoms with Crippen molar-refractivity contribution in [3.8, 4) is 0 Å². The van der Waals surface area contributed by atoms with Crippen LogP contribution in [-0.4, -0.2) is 37.5 Å². The molecule has 2 fully saturated rings. The van der Waals surface area contributed by atoms with Gasteiger partial charge in [-0.25, -0.2) is 0 Å². The maximum Gasteiger partial charge on any atom is 0.133 e. The molecule has 1 saturated carbocycles. The van der Waals surface area contributed by atoms with Gasteiger partial charge in [-0.3, -0.25) is 4.79 Å². The molecule has 76 valence electrons. The molecule has 2 atom stereocenters. The molecular formula is C10H18INO. The normalized spacial score (nSPS) is 36.6. The van der Waals surface area contributed by atoms with Crippen LogP contribution >= 0.6 is 0 Å². The van der Waals surface area contributed by atoms with E-state index in [1.54, 1.807) is 0 Å². The van der Waals surface area contributed by atoms with E-state index in [-0.39, 0.29) is 24.0 Å². The Morgan fingerprint density at radius 3 is 2.08 bits per heavy atom. The summed E-state index contributed by atoms with van der Waals surface area (Å²) in [6, 6.07) is 0. The molecule has 2 aliphatic rings. The maximum atomic E-state index is 11.3. The van der Waals surface area contributed by atoms with E-state index in [0.29, 0.717) is 17.6 Å². The van der Waals surface area contributed by atoms with Gasteiger partial charge in [0.2, 0.25) is 0 Å². The molecule has 0 aromatic rings. The zero-order chi connectivity index (χ0) is 8.77. The first kappa shape index (κ1) is 11.4. The zero-order valence-electron chi connectivity index (χ0n) is 8.42. The van der Waals surface area contributed by atoms with Crippen LogP contribution in [-0.2, 0) is 4.79 Å². The number of carbonyl (C=O) groups is 1. The van der Waals surface area contributed by atoms with Gasteiger partial charge in [0.15, 0.2) is 0 Å². The molecule has 3 heteroatoms. The van der Waals surface area contributed by atoms with Crippen molar-refractivity contribution in [2.24, 2.45) is 11.8 Å². The van der Waals surface area contributed by atoms with Crippen LogP contribution in [0.5, 0.6) is 0 Å². The summed E-state index contributed by atoms with van der Waals surface area (Å²) in [6.45, 7) is 2.42. The second kappa shape index (κ2) is 3.85. The molecule has 0 aromatic heterocycles. The second-order valence-corrected chi connectivity index (χ2v) is 5.22. The molecule has 0 radical (unpaired) electrons. The summed E-state index contributed by atoms with van der Waals surface area (Å²) in [7, 11) is 4.57. The molecule has 1 aliphatic heterocycles. The summed E-state index contributed by atoms with van der Waals surface area (Å²) in [4.78, 5) is 11.3. The molecule has 2 rings (SSSR count). The van der Waals surface area contributed by atoms with Gasteiger partial charge in [0.05, 0.1) is 27.2 Å². The van der Waals surface area contributed by atoms with Crippen molar-refractivity contribution < 1.29 is 33.3 Å². The average molecular weight is 295 g/mol. The molecule has 13 heavy (non-hydrogen) atoms. The van der Waals surface area contributed by atoms with Gasteiger partial charge in [0, 0.05) is 24.7 Å². The van der Waals surface area contributed by atoms with E-state index in [1.807, 2.05) is 0 Å². The Balaban J connectivity index is 0.000000845. The first-order valence-corrected chi connectivity index (χ1v) is 4.89. The third-order valence-electron chi connectivity index (χ3n) is 3.20. The van der Waals surface area contributed by atoms with Crippen molar-refractivity contribution >= 4 is 5.78 Å². The largest absolute Gasteiger partial charge is 1.00 e. The van der Waals surface area contributed by atoms with E-state index in [4.69, 9.17) is 0 Å². The van der Waals surface area contributed by atoms with Crippen molar-refractivity contribution in [3.63, 3.8) is 0 Å². The highest BCUT2D eigenvalue weighted by Crippen LogP contribution is 2.34. The topological polar surface area (TPSA) is 17.1 Å². The number of Topliss-reactive ketones (excluding diaryl/α,β-unsaturated/α-hetero) is 1. The molecule has 0 aromatic carbocycles. The van der Waals surface area contributed by atoms with Crippen LogP contribution in [0.1, 0.15) is 19.3 Å². The molecule has 1 aliphatic carbocycles. The number of ketones is 1. The fraction of sp³-hybridized carbons (Fsp3) is 0.900. The molecule has 0 N–H and O–H groups in total. The van der Waals surface area contributed by atoms with E-state index in [1.165, 1.54) is 19.5 Å². The minimum atomic E-state index is 0. The Morgan fingerprint density at radius 2 is 1.62 bits per heavy atom. The SMILES string of the molecule is C[N+]1(C)CC2CC(=O)CC(C2)C1.[I-]. The fourth-order valence-corrected chi connectivity index (χ4v) is 3.12. The maximum absolute atomic E-state index is 11.3. The highest BCUT2D eigenvalue weighted by molar-refractivity contribution is 5.79. The lowest BCUT2D eigenvalue weighted by molar-refractivity contribution is -0.902. The number of halogens is 1. The van der Waals surface area contributed by atoms with Crippen LogP contribution in [0.2, 0.25) is 0 Å². The van der Waals surface area contributed by atoms with E-state index in [0.717, 1.165) is 17.3 Å². The van der Waals surface area contributed by atoms with Gasteiger partial charge in [-0.1, -0.05) is 0 Å². The highest BCUT2D eigenvalue weighted by atomic mass is 127. The van der Waals surface area contributed by atoms with Crippen molar-refractivity contribution in [1.82, 2.24) is 0 Å². The lowest BCUT2D eigenvalue weighted by Gasteiger charge is -2.44. The standard InChI is InChI=1S/C10H18NO.HI/c1-11(2)6-8-3-9(7-11)5-10(12)4-8;/h8-9H,3-7H2,1-2H3;1H/q+1;/p-1. The van der Waals surface area contributed by atoms with Crippen LogP contribution in [0.25, 0.3) is 0 Å². The number of piperidine rings is 1. The molecule has 1 saturated heterocycles. The van der Waals surface area contributed by atoms with Gasteiger partial charge >= 0.3 is 0 Å². The molecule has 2 nitrogen and oxygen atoms in total. The number of fused-ring (bicyclic) bond motifs is 2. The minimum Gasteiger partial charge on any atom is -1.00 e. The number of hydrogen-bond acceptors (Lipinski definition) is 1. The Labute approximate surface area is 97.3 Å². The Morgan fingerprint density at radius 1 is 1.15 bits per heavy atom. The monoisotopic (exact) mass is 295 g/mol. The van der Waals surface area contributed by atoms with Crippen LogP contribution in [0.15, 0.2) is 0 Å². The Hall–Kier alpha value is 0.360. The number of likely N-dealkylation sites (tertiary alicyclic amines) is 1. The summed E-state index contributed by atoms with van der Waals surface area (Å²) in [5.41, 5.74) is 0. The molecule has 2 unspecified atom stereocenters. The van der Waals surface area contributed by atoms with E-state index < -0.39 is 0 Å². The van der Waals surface area contributed by atoms with Gasteiger partial charge in [-0.05, 0) is 6.42 Å². The van der Waals surface area contributed by atoms with Gasteiger partial charge in [0.25, 0.3) is 0 Å². The first-order valence-electron chi connectivity index (χ1n) is 4.89. The van der Waals surface area contributed by atoms with Gasteiger partial charge < -0.3 is 28.5 Å². The summed E-state index contributed by atoms with van der Waals surface area (Å²) < 4.78 is 1.13. The molecule has 0 amide bonds. The third kappa shape index (κ3) is 2.65. The molecule has 2 bridgehead atoms. The summed E-state index contributed by atoms with van der Waals surface area (Å²) in [5.74, 6) is 1.90. The third-order valence-corrected chi connectivity index (χ3v) is 3.20. The van der Waals surface area contributed by atoms with Crippen molar-refractivity contribution in [1.29, 1.82) is 0 Å². The zero-order valence-corrected chi connectivity index (χ0v) is 10.6. The Bertz CT molecular complexity index is 197. The van der Waals surface area contributed by atoms with Gasteiger partial charge in [0.1, 0.15) is 5.78 Å². The van der Waals surface area contributed by atoms with Crippen molar-refractivity contribution in [2.45, 2.75) is 19.3 Å². The van der Waals surface area contributed by atoms with Crippen LogP contribution < -0.4 is 24.0 Å². The lowest BCUT2D eigenvalue weighted by Crippen LogP contribution is -3.00. The number of carbonyl (C=O) groups excluding carboxylic acids is 1. The van der Waals surface area contributed by atoms with Gasteiger partial charge in [-0.2, -0.15) is 0 Å². The summed E-state index contributed by atoms with van der Waals surface area (Å²) in [6.07, 6.45) is 3.03. The predicted molar refractivity (Wildman–Crippen MR) is 47.7 cm³/mol. The summed E-state index contributed by atoms with van der Waals surface area (Å²) >= 11 is 0. The molecule has 1 heterocycles. The minimum absolute atomic E-state index is 0. The number of rotatable bonds is 0. The van der Waals surface area contributed by atoms with Crippen molar-refractivity contribution in [2.75, 3.05) is 27.2 Å². The quantitative estimate of drug-likeness (QED) is 0.376. The molecular weight excluding hydrogens is 277 g/mol. The van der Waals surface area contributed by atoms with E-state index >= 15 is 0 Å². The van der Waals surface area contributed by atoms with Crippen LogP contribution in [0.4, 0.5) is 0 Å². The number of hydrogen-bond donors (Lipinski definition) is 0. The van der Waals surface area contributed by atoms with E-state index in [9.17, 15) is 4.79 Å². The molecule has 0 spiro atoms. The lowest BCUT2D eigenvalue weighted by atomic mass is 9.76. The van der Waals surface area contributed by atoms with Crippen LogP contribution in [0.3, 0.4) is 0 Å². The first-order chi connectivity index (χ1) is 5.55. The van der Waals surface area contributed by atoms with Gasteiger partial charge in [-0.15, -0.1) is 0 Å². The number of quaternary nitrogens is 1. The van der Waals surface area contributed by atoms with E-state index in [2.05, 4.69) is 14.1 Å². The fourth-order valence-electron chi connectivity index (χ4n) is 3.12. The summed E-state index contributed by atoms with van der Waals surface area (Å²) in [5, 5.41) is 0. The Kier molecular flexibility index (Phi) is 3.38. The second-order valence-electron chi connectivity index (χ2n) is 5.22. The number of nitrogens with zero attached hydrogens (tertiary/aromatic N) is 1. The van der Waals surface area contributed by atoms with Crippen molar-refractivity contribution in [3.05, 3.63) is 0 Å². The van der Waals surface area contributed by atoms with Crippen LogP contribution in [0, 0.1) is 11.8 Å². The smallest absolute Gasteiger partial charge is 0.133 e. The highest BCUT2D eigenvalue weighted by Gasteiger charge is 2.39. The average Bonchev–Trinajstić information content (AvgIpc) is 1.78.